The molecule has 0 aliphatic rings. The molecule has 0 bridgehead atoms. The molecule has 2 aromatic rings. The first-order valence-corrected chi connectivity index (χ1v) is 5.93. The second-order valence-corrected chi connectivity index (χ2v) is 4.86. The molecule has 2 rings (SSSR count). The van der Waals surface area contributed by atoms with Gasteiger partial charge in [0, 0.05) is 6.54 Å². The predicted octanol–water partition coefficient (Wildman–Crippen LogP) is 0.962. The summed E-state index contributed by atoms with van der Waals surface area (Å²) in [6.45, 7) is 4.92. The quantitative estimate of drug-likeness (QED) is 0.862. The van der Waals surface area contributed by atoms with E-state index in [4.69, 9.17) is 0 Å². The summed E-state index contributed by atoms with van der Waals surface area (Å²) in [6, 6.07) is 0. The van der Waals surface area contributed by atoms with Crippen LogP contribution in [0.4, 0.5) is 0 Å². The maximum atomic E-state index is 11.7. The summed E-state index contributed by atoms with van der Waals surface area (Å²) in [5.74, 6) is 0.439. The van der Waals surface area contributed by atoms with E-state index in [1.807, 2.05) is 0 Å². The number of hydrogen-bond acceptors (Lipinski definition) is 5. The van der Waals surface area contributed by atoms with Crippen LogP contribution in [0.25, 0.3) is 4.96 Å². The Hall–Kier alpha value is -1.50. The highest BCUT2D eigenvalue weighted by Crippen LogP contribution is 2.11. The van der Waals surface area contributed by atoms with Crippen LogP contribution < -0.4 is 5.32 Å². The van der Waals surface area contributed by atoms with E-state index < -0.39 is 0 Å². The molecular weight excluding hydrogens is 226 g/mol. The fourth-order valence-electron chi connectivity index (χ4n) is 1.20. The van der Waals surface area contributed by atoms with Crippen molar-refractivity contribution in [2.75, 3.05) is 6.54 Å². The second-order valence-electron chi connectivity index (χ2n) is 3.90. The molecule has 0 saturated carbocycles. The number of nitrogens with zero attached hydrogens (tertiary/aromatic N) is 4. The predicted molar refractivity (Wildman–Crippen MR) is 60.4 cm³/mol. The first-order valence-electron chi connectivity index (χ1n) is 5.12. The van der Waals surface area contributed by atoms with Gasteiger partial charge in [-0.15, -0.1) is 15.3 Å². The average Bonchev–Trinajstić information content (AvgIpc) is 2.75. The topological polar surface area (TPSA) is 72.2 Å². The van der Waals surface area contributed by atoms with Gasteiger partial charge in [-0.05, 0) is 12.3 Å². The summed E-state index contributed by atoms with van der Waals surface area (Å²) in [4.78, 5) is 12.3. The zero-order valence-corrected chi connectivity index (χ0v) is 9.99. The van der Waals surface area contributed by atoms with Crippen LogP contribution in [0.3, 0.4) is 0 Å². The summed E-state index contributed by atoms with van der Waals surface area (Å²) < 4.78 is 1.50. The van der Waals surface area contributed by atoms with Crippen molar-refractivity contribution in [1.82, 2.24) is 25.1 Å². The number of fused-ring (bicyclic) bond motifs is 1. The Morgan fingerprint density at radius 1 is 1.62 bits per heavy atom. The van der Waals surface area contributed by atoms with E-state index in [1.54, 1.807) is 0 Å². The van der Waals surface area contributed by atoms with Crippen molar-refractivity contribution in [3.8, 4) is 0 Å². The molecule has 0 aromatic carbocycles. The monoisotopic (exact) mass is 239 g/mol. The number of carbonyl (C=O) groups excluding carboxylic acids is 1. The number of rotatable bonds is 4. The average molecular weight is 239 g/mol. The molecule has 6 nitrogen and oxygen atoms in total. The second kappa shape index (κ2) is 4.56. The molecule has 0 saturated heterocycles. The summed E-state index contributed by atoms with van der Waals surface area (Å²) in [5.41, 5.74) is 0. The number of aromatic nitrogens is 4. The molecule has 16 heavy (non-hydrogen) atoms. The van der Waals surface area contributed by atoms with Crippen LogP contribution in [0.2, 0.25) is 0 Å². The Morgan fingerprint density at radius 2 is 2.44 bits per heavy atom. The number of nitrogens with one attached hydrogen (secondary N) is 1. The smallest absolute Gasteiger partial charge is 0.282 e. The molecule has 0 unspecified atom stereocenters. The van der Waals surface area contributed by atoms with Crippen LogP contribution >= 0.6 is 11.3 Å². The van der Waals surface area contributed by atoms with Crippen molar-refractivity contribution in [3.63, 3.8) is 0 Å². The molecule has 7 heteroatoms. The summed E-state index contributed by atoms with van der Waals surface area (Å²) in [5, 5.41) is 14.8. The minimum absolute atomic E-state index is 0.142. The summed E-state index contributed by atoms with van der Waals surface area (Å²) >= 11 is 1.24. The summed E-state index contributed by atoms with van der Waals surface area (Å²) in [7, 11) is 0. The number of amides is 1. The Labute approximate surface area is 96.7 Å². The van der Waals surface area contributed by atoms with Gasteiger partial charge in [0.1, 0.15) is 6.33 Å². The molecule has 2 aromatic heterocycles. The van der Waals surface area contributed by atoms with Crippen molar-refractivity contribution < 1.29 is 4.79 Å². The maximum absolute atomic E-state index is 11.7. The minimum Gasteiger partial charge on any atom is -0.350 e. The van der Waals surface area contributed by atoms with Gasteiger partial charge >= 0.3 is 0 Å². The Kier molecular flexibility index (Phi) is 3.14. The van der Waals surface area contributed by atoms with E-state index in [9.17, 15) is 4.79 Å². The first kappa shape index (κ1) is 11.0. The maximum Gasteiger partial charge on any atom is 0.282 e. The van der Waals surface area contributed by atoms with E-state index in [2.05, 4.69) is 34.5 Å². The molecule has 0 aliphatic heterocycles. The molecule has 0 aliphatic carbocycles. The third kappa shape index (κ3) is 2.35. The van der Waals surface area contributed by atoms with Crippen LogP contribution in [-0.4, -0.2) is 32.3 Å². The normalized spacial score (nSPS) is 11.2. The van der Waals surface area contributed by atoms with E-state index >= 15 is 0 Å². The van der Waals surface area contributed by atoms with Gasteiger partial charge < -0.3 is 5.32 Å². The van der Waals surface area contributed by atoms with Crippen molar-refractivity contribution in [3.05, 3.63) is 11.3 Å². The Bertz CT molecular complexity index is 460. The van der Waals surface area contributed by atoms with Crippen LogP contribution in [-0.2, 0) is 0 Å². The van der Waals surface area contributed by atoms with Gasteiger partial charge in [-0.1, -0.05) is 25.2 Å². The number of carbonyl (C=O) groups is 1. The van der Waals surface area contributed by atoms with Crippen LogP contribution in [0.1, 0.15) is 30.1 Å². The lowest BCUT2D eigenvalue weighted by Crippen LogP contribution is -2.25. The standard InChI is InChI=1S/C9H13N5OS/c1-6(2)3-4-10-7(15)8-13-14-5-11-12-9(14)16-8/h5-6H,3-4H2,1-2H3,(H,10,15). The highest BCUT2D eigenvalue weighted by Gasteiger charge is 2.12. The molecule has 0 spiro atoms. The fraction of sp³-hybridized carbons (Fsp3) is 0.556. The van der Waals surface area contributed by atoms with Gasteiger partial charge in [0.25, 0.3) is 5.91 Å². The lowest BCUT2D eigenvalue weighted by molar-refractivity contribution is 0.0950. The van der Waals surface area contributed by atoms with Crippen LogP contribution in [0.15, 0.2) is 6.33 Å². The minimum atomic E-state index is -0.142. The molecule has 1 N–H and O–H groups in total. The van der Waals surface area contributed by atoms with Crippen LogP contribution in [0, 0.1) is 5.92 Å². The zero-order chi connectivity index (χ0) is 11.5. The third-order valence-corrected chi connectivity index (χ3v) is 3.00. The van der Waals surface area contributed by atoms with Gasteiger partial charge in [-0.3, -0.25) is 4.79 Å². The molecule has 0 atom stereocenters. The highest BCUT2D eigenvalue weighted by molar-refractivity contribution is 7.18. The Morgan fingerprint density at radius 3 is 3.12 bits per heavy atom. The highest BCUT2D eigenvalue weighted by atomic mass is 32.1. The third-order valence-electron chi connectivity index (χ3n) is 2.09. The largest absolute Gasteiger partial charge is 0.350 e. The van der Waals surface area contributed by atoms with E-state index in [1.165, 1.54) is 22.2 Å². The molecule has 86 valence electrons. The van der Waals surface area contributed by atoms with Gasteiger partial charge in [0.05, 0.1) is 0 Å². The van der Waals surface area contributed by atoms with Crippen molar-refractivity contribution in [2.45, 2.75) is 20.3 Å². The van der Waals surface area contributed by atoms with Crippen molar-refractivity contribution in [1.29, 1.82) is 0 Å². The Balaban J connectivity index is 1.97. The molecule has 1 amide bonds. The van der Waals surface area contributed by atoms with E-state index in [0.29, 0.717) is 22.4 Å². The van der Waals surface area contributed by atoms with E-state index in [-0.39, 0.29) is 5.91 Å². The van der Waals surface area contributed by atoms with Gasteiger partial charge in [0.2, 0.25) is 9.97 Å². The fourth-order valence-corrected chi connectivity index (χ4v) is 1.94. The van der Waals surface area contributed by atoms with Gasteiger partial charge in [-0.2, -0.15) is 4.52 Å². The van der Waals surface area contributed by atoms with Crippen molar-refractivity contribution >= 4 is 22.2 Å². The number of hydrogen-bond donors (Lipinski definition) is 1. The van der Waals surface area contributed by atoms with E-state index in [0.717, 1.165) is 6.42 Å². The summed E-state index contributed by atoms with van der Waals surface area (Å²) in [6.07, 6.45) is 2.45. The SMILES string of the molecule is CC(C)CCNC(=O)c1nn2cnnc2s1. The molecule has 0 fully saturated rings. The molecule has 0 radical (unpaired) electrons. The molecule has 2 heterocycles. The zero-order valence-electron chi connectivity index (χ0n) is 9.17. The van der Waals surface area contributed by atoms with Crippen molar-refractivity contribution in [2.24, 2.45) is 5.92 Å². The first-order chi connectivity index (χ1) is 7.66. The lowest BCUT2D eigenvalue weighted by Gasteiger charge is -2.04. The lowest BCUT2D eigenvalue weighted by atomic mass is 10.1. The van der Waals surface area contributed by atoms with Crippen LogP contribution in [0.5, 0.6) is 0 Å². The molecular formula is C9H13N5OS. The van der Waals surface area contributed by atoms with Gasteiger partial charge in [0.15, 0.2) is 0 Å². The van der Waals surface area contributed by atoms with Gasteiger partial charge in [-0.25, -0.2) is 0 Å².